The van der Waals surface area contributed by atoms with Crippen LogP contribution in [-0.2, 0) is 11.3 Å². The molecule has 0 N–H and O–H groups in total. The van der Waals surface area contributed by atoms with Crippen molar-refractivity contribution in [1.82, 2.24) is 0 Å². The van der Waals surface area contributed by atoms with Crippen LogP contribution in [0.15, 0.2) is 48.5 Å². The molecule has 0 bridgehead atoms. The van der Waals surface area contributed by atoms with Crippen molar-refractivity contribution in [3.05, 3.63) is 65.2 Å². The molecule has 2 aromatic rings. The third-order valence-electron chi connectivity index (χ3n) is 4.79. The molecule has 2 aliphatic rings. The number of amides is 1. The van der Waals surface area contributed by atoms with Crippen molar-refractivity contribution in [2.75, 3.05) is 4.90 Å². The van der Waals surface area contributed by atoms with Crippen molar-refractivity contribution in [2.24, 2.45) is 0 Å². The molecule has 2 unspecified atom stereocenters. The minimum atomic E-state index is -0.299. The Kier molecular flexibility index (Phi) is 3.27. The average Bonchev–Trinajstić information content (AvgIpc) is 2.79. The lowest BCUT2D eigenvalue weighted by atomic mass is 9.77. The van der Waals surface area contributed by atoms with E-state index in [0.29, 0.717) is 11.5 Å². The van der Waals surface area contributed by atoms with E-state index in [1.54, 1.807) is 11.0 Å². The summed E-state index contributed by atoms with van der Waals surface area (Å²) in [5, 5.41) is 9.07. The molecule has 0 aromatic heterocycles. The lowest BCUT2D eigenvalue weighted by Gasteiger charge is -2.35. The summed E-state index contributed by atoms with van der Waals surface area (Å²) in [6, 6.07) is 17.6. The van der Waals surface area contributed by atoms with E-state index in [0.717, 1.165) is 29.7 Å². The second-order valence-corrected chi connectivity index (χ2v) is 6.05. The van der Waals surface area contributed by atoms with Gasteiger partial charge < -0.3 is 4.74 Å². The molecule has 2 atom stereocenters. The fraction of sp³-hybridized carbons (Fsp3) is 0.263. The van der Waals surface area contributed by atoms with Gasteiger partial charge in [0.1, 0.15) is 6.61 Å². The molecule has 2 aromatic carbocycles. The van der Waals surface area contributed by atoms with Gasteiger partial charge in [-0.05, 0) is 42.2 Å². The highest BCUT2D eigenvalue weighted by molar-refractivity contribution is 5.92. The first-order valence-electron chi connectivity index (χ1n) is 7.82. The van der Waals surface area contributed by atoms with E-state index in [4.69, 9.17) is 10.00 Å². The number of ether oxygens (including phenoxy) is 1. The van der Waals surface area contributed by atoms with Crippen LogP contribution in [0.2, 0.25) is 0 Å². The van der Waals surface area contributed by atoms with Crippen LogP contribution in [-0.4, -0.2) is 12.1 Å². The number of anilines is 1. The molecule has 4 rings (SSSR count). The number of benzene rings is 2. The fourth-order valence-corrected chi connectivity index (χ4v) is 3.50. The van der Waals surface area contributed by atoms with Gasteiger partial charge in [-0.2, -0.15) is 5.26 Å². The number of nitriles is 1. The van der Waals surface area contributed by atoms with Gasteiger partial charge in [-0.1, -0.05) is 30.3 Å². The van der Waals surface area contributed by atoms with Crippen LogP contribution in [0, 0.1) is 11.3 Å². The quantitative estimate of drug-likeness (QED) is 0.843. The number of fused-ring (bicyclic) bond motifs is 3. The van der Waals surface area contributed by atoms with Gasteiger partial charge in [-0.15, -0.1) is 0 Å². The smallest absolute Gasteiger partial charge is 0.414 e. The Morgan fingerprint density at radius 1 is 1.22 bits per heavy atom. The fourth-order valence-electron chi connectivity index (χ4n) is 3.50. The summed E-state index contributed by atoms with van der Waals surface area (Å²) in [6.07, 6.45) is 1.75. The second kappa shape index (κ2) is 5.44. The highest BCUT2D eigenvalue weighted by Crippen LogP contribution is 2.52. The van der Waals surface area contributed by atoms with Crippen molar-refractivity contribution in [2.45, 2.75) is 31.4 Å². The molecule has 4 nitrogen and oxygen atoms in total. The van der Waals surface area contributed by atoms with E-state index in [9.17, 15) is 4.79 Å². The zero-order valence-corrected chi connectivity index (χ0v) is 12.6. The average molecular weight is 304 g/mol. The summed E-state index contributed by atoms with van der Waals surface area (Å²) in [5.74, 6) is 0.350. The first-order valence-corrected chi connectivity index (χ1v) is 7.82. The van der Waals surface area contributed by atoms with Crippen LogP contribution in [0.1, 0.15) is 35.4 Å². The molecular weight excluding hydrogens is 288 g/mol. The van der Waals surface area contributed by atoms with E-state index in [1.807, 2.05) is 42.5 Å². The maximum Gasteiger partial charge on any atom is 0.414 e. The summed E-state index contributed by atoms with van der Waals surface area (Å²) in [6.45, 7) is 0.277. The van der Waals surface area contributed by atoms with Crippen LogP contribution in [0.25, 0.3) is 0 Å². The number of hydrogen-bond donors (Lipinski definition) is 0. The predicted molar refractivity (Wildman–Crippen MR) is 86.0 cm³/mol. The third-order valence-corrected chi connectivity index (χ3v) is 4.79. The Bertz CT molecular complexity index is 795. The van der Waals surface area contributed by atoms with Crippen LogP contribution in [0.4, 0.5) is 10.5 Å². The highest BCUT2D eigenvalue weighted by Gasteiger charge is 2.47. The topological polar surface area (TPSA) is 53.3 Å². The first kappa shape index (κ1) is 13.8. The normalized spacial score (nSPS) is 20.9. The zero-order chi connectivity index (χ0) is 15.8. The summed E-state index contributed by atoms with van der Waals surface area (Å²) in [7, 11) is 0. The first-order chi connectivity index (χ1) is 11.3. The molecule has 1 fully saturated rings. The standard InChI is InChI=1S/C19H16N2O2/c20-11-14-6-8-18-16(10-14)15-7-9-17(15)21(18)19(22)23-12-13-4-2-1-3-5-13/h1-6,8,10,15,17H,7,9,12H2. The molecule has 0 spiro atoms. The Hall–Kier alpha value is -2.80. The van der Waals surface area contributed by atoms with E-state index in [-0.39, 0.29) is 18.7 Å². The van der Waals surface area contributed by atoms with Crippen LogP contribution in [0.5, 0.6) is 0 Å². The van der Waals surface area contributed by atoms with Gasteiger partial charge in [0, 0.05) is 12.0 Å². The van der Waals surface area contributed by atoms with Gasteiger partial charge in [0.05, 0.1) is 17.3 Å². The molecule has 0 radical (unpaired) electrons. The number of carbonyl (C=O) groups is 1. The van der Waals surface area contributed by atoms with Gasteiger partial charge in [-0.25, -0.2) is 4.79 Å². The van der Waals surface area contributed by atoms with Gasteiger partial charge in [0.25, 0.3) is 0 Å². The molecule has 1 aliphatic carbocycles. The van der Waals surface area contributed by atoms with E-state index >= 15 is 0 Å². The Balaban J connectivity index is 1.55. The van der Waals surface area contributed by atoms with Crippen molar-refractivity contribution in [1.29, 1.82) is 5.26 Å². The van der Waals surface area contributed by atoms with Crippen molar-refractivity contribution < 1.29 is 9.53 Å². The van der Waals surface area contributed by atoms with Crippen LogP contribution in [0.3, 0.4) is 0 Å². The summed E-state index contributed by atoms with van der Waals surface area (Å²) in [4.78, 5) is 14.3. The molecule has 4 heteroatoms. The Morgan fingerprint density at radius 2 is 2.04 bits per heavy atom. The van der Waals surface area contributed by atoms with Crippen molar-refractivity contribution in [3.63, 3.8) is 0 Å². The zero-order valence-electron chi connectivity index (χ0n) is 12.6. The monoisotopic (exact) mass is 304 g/mol. The number of hydrogen-bond acceptors (Lipinski definition) is 3. The van der Waals surface area contributed by atoms with Crippen molar-refractivity contribution in [3.8, 4) is 6.07 Å². The summed E-state index contributed by atoms with van der Waals surface area (Å²) in [5.41, 5.74) is 3.63. The van der Waals surface area contributed by atoms with Gasteiger partial charge in [0.2, 0.25) is 0 Å². The lowest BCUT2D eigenvalue weighted by molar-refractivity contribution is 0.141. The van der Waals surface area contributed by atoms with E-state index < -0.39 is 0 Å². The third kappa shape index (κ3) is 2.25. The van der Waals surface area contributed by atoms with Gasteiger partial charge >= 0.3 is 6.09 Å². The van der Waals surface area contributed by atoms with Crippen LogP contribution < -0.4 is 4.90 Å². The van der Waals surface area contributed by atoms with Gasteiger partial charge in [0.15, 0.2) is 0 Å². The highest BCUT2D eigenvalue weighted by atomic mass is 16.6. The molecular formula is C19H16N2O2. The predicted octanol–water partition coefficient (Wildman–Crippen LogP) is 3.96. The minimum Gasteiger partial charge on any atom is -0.444 e. The summed E-state index contributed by atoms with van der Waals surface area (Å²) < 4.78 is 5.50. The molecule has 0 saturated heterocycles. The summed E-state index contributed by atoms with van der Waals surface area (Å²) >= 11 is 0. The van der Waals surface area contributed by atoms with Gasteiger partial charge in [-0.3, -0.25) is 4.90 Å². The van der Waals surface area contributed by atoms with Crippen molar-refractivity contribution >= 4 is 11.8 Å². The molecule has 1 heterocycles. The number of rotatable bonds is 2. The lowest BCUT2D eigenvalue weighted by Crippen LogP contribution is -2.44. The van der Waals surface area contributed by atoms with E-state index in [2.05, 4.69) is 6.07 Å². The molecule has 114 valence electrons. The Labute approximate surface area is 134 Å². The maximum absolute atomic E-state index is 12.6. The maximum atomic E-state index is 12.6. The van der Waals surface area contributed by atoms with E-state index in [1.165, 1.54) is 0 Å². The number of nitrogens with zero attached hydrogens (tertiary/aromatic N) is 2. The molecule has 1 amide bonds. The SMILES string of the molecule is N#Cc1ccc2c(c1)C1CCC1N2C(=O)OCc1ccccc1. The number of carbonyl (C=O) groups excluding carboxylic acids is 1. The molecule has 1 saturated carbocycles. The minimum absolute atomic E-state index is 0.183. The molecule has 23 heavy (non-hydrogen) atoms. The second-order valence-electron chi connectivity index (χ2n) is 6.05. The molecule has 1 aliphatic heterocycles. The Morgan fingerprint density at radius 3 is 2.74 bits per heavy atom. The largest absolute Gasteiger partial charge is 0.444 e. The van der Waals surface area contributed by atoms with Crippen LogP contribution >= 0.6 is 0 Å².